The number of rotatable bonds is 12. The summed E-state index contributed by atoms with van der Waals surface area (Å²) in [6.45, 7) is 7.72. The van der Waals surface area contributed by atoms with Gasteiger partial charge in [0.25, 0.3) is 10.0 Å². The quantitative estimate of drug-likeness (QED) is 0.138. The molecule has 2 rings (SSSR count). The van der Waals surface area contributed by atoms with Crippen LogP contribution in [0.5, 0.6) is 11.5 Å². The van der Waals surface area contributed by atoms with Gasteiger partial charge in [-0.05, 0) is 55.5 Å². The van der Waals surface area contributed by atoms with E-state index in [9.17, 15) is 23.1 Å². The lowest BCUT2D eigenvalue weighted by molar-refractivity contribution is -0.143. The number of phenols is 1. The minimum Gasteiger partial charge on any atom is -0.505 e. The van der Waals surface area contributed by atoms with E-state index in [1.54, 1.807) is 13.0 Å². The maximum Gasteiger partial charge on any atom is 0.337 e. The van der Waals surface area contributed by atoms with Gasteiger partial charge in [-0.15, -0.1) is 4.83 Å². The van der Waals surface area contributed by atoms with Gasteiger partial charge in [-0.1, -0.05) is 38.8 Å². The van der Waals surface area contributed by atoms with Crippen molar-refractivity contribution in [2.24, 2.45) is 0 Å². The number of halogens is 1. The highest BCUT2D eigenvalue weighted by molar-refractivity contribution is 7.89. The monoisotopic (exact) mass is 569 g/mol. The molecule has 0 saturated heterocycles. The Morgan fingerprint density at radius 3 is 2.32 bits per heavy atom. The van der Waals surface area contributed by atoms with Gasteiger partial charge in [-0.25, -0.2) is 18.2 Å². The molecule has 0 unspecified atom stereocenters. The van der Waals surface area contributed by atoms with E-state index in [0.717, 1.165) is 5.01 Å². The highest BCUT2D eigenvalue weighted by atomic mass is 35.5. The van der Waals surface area contributed by atoms with Crippen molar-refractivity contribution in [3.8, 4) is 11.5 Å². The van der Waals surface area contributed by atoms with Crippen molar-refractivity contribution in [2.45, 2.75) is 63.7 Å². The Hall–Kier alpha value is -3.02. The zero-order chi connectivity index (χ0) is 28.5. The van der Waals surface area contributed by atoms with Gasteiger partial charge < -0.3 is 19.9 Å². The predicted molar refractivity (Wildman–Crippen MR) is 146 cm³/mol. The van der Waals surface area contributed by atoms with Crippen molar-refractivity contribution < 1.29 is 32.6 Å². The Morgan fingerprint density at radius 1 is 1.08 bits per heavy atom. The van der Waals surface area contributed by atoms with Crippen LogP contribution in [0.2, 0.25) is 5.02 Å². The molecule has 2 amide bonds. The molecule has 38 heavy (non-hydrogen) atoms. The van der Waals surface area contributed by atoms with Crippen molar-refractivity contribution in [3.05, 3.63) is 47.0 Å². The van der Waals surface area contributed by atoms with E-state index in [4.69, 9.17) is 21.1 Å². The van der Waals surface area contributed by atoms with Crippen LogP contribution in [0.3, 0.4) is 0 Å². The average Bonchev–Trinajstić information content (AvgIpc) is 2.83. The highest BCUT2D eigenvalue weighted by Crippen LogP contribution is 2.39. The fourth-order valence-corrected chi connectivity index (χ4v) is 4.71. The first-order chi connectivity index (χ1) is 17.8. The second kappa shape index (κ2) is 13.7. The predicted octanol–water partition coefficient (Wildman–Crippen LogP) is 5.20. The Morgan fingerprint density at radius 2 is 1.74 bits per heavy atom. The molecule has 0 spiro atoms. The SMILES string of the molecule is CCOC(=O)CCCCCN(NS(=O)(=O)c1ccc(Cl)cc1)C(=O)Nc1cc(OC)cc(C(C)(C)C)c1O. The number of carbonyl (C=O) groups is 2. The van der Waals surface area contributed by atoms with Gasteiger partial charge in [0, 0.05) is 29.6 Å². The number of amides is 2. The maximum absolute atomic E-state index is 13.3. The lowest BCUT2D eigenvalue weighted by Crippen LogP contribution is -2.48. The van der Waals surface area contributed by atoms with Crippen LogP contribution >= 0.6 is 11.6 Å². The second-order valence-corrected chi connectivity index (χ2v) is 11.7. The van der Waals surface area contributed by atoms with Crippen molar-refractivity contribution in [1.29, 1.82) is 0 Å². The van der Waals surface area contributed by atoms with Gasteiger partial charge in [-0.3, -0.25) is 4.79 Å². The number of anilines is 1. The number of benzene rings is 2. The van der Waals surface area contributed by atoms with E-state index in [1.807, 2.05) is 20.8 Å². The number of aromatic hydroxyl groups is 1. The summed E-state index contributed by atoms with van der Waals surface area (Å²) in [4.78, 5) is 27.1. The number of hydrogen-bond acceptors (Lipinski definition) is 7. The lowest BCUT2D eigenvalue weighted by atomic mass is 9.86. The van der Waals surface area contributed by atoms with Gasteiger partial charge in [0.2, 0.25) is 0 Å². The fourth-order valence-electron chi connectivity index (χ4n) is 3.52. The van der Waals surface area contributed by atoms with Gasteiger partial charge in [0.15, 0.2) is 0 Å². The molecule has 0 aliphatic carbocycles. The Balaban J connectivity index is 2.27. The van der Waals surface area contributed by atoms with E-state index < -0.39 is 21.5 Å². The number of hydrogen-bond donors (Lipinski definition) is 3. The third-order valence-electron chi connectivity index (χ3n) is 5.54. The first-order valence-corrected chi connectivity index (χ1v) is 14.1. The van der Waals surface area contributed by atoms with E-state index >= 15 is 0 Å². The molecular weight excluding hydrogens is 534 g/mol. The number of urea groups is 1. The minimum atomic E-state index is -4.14. The van der Waals surface area contributed by atoms with Crippen molar-refractivity contribution in [1.82, 2.24) is 9.84 Å². The topological polar surface area (TPSA) is 134 Å². The molecule has 0 radical (unpaired) electrons. The number of sulfonamides is 1. The van der Waals surface area contributed by atoms with Crippen molar-refractivity contribution in [3.63, 3.8) is 0 Å². The number of nitrogens with zero attached hydrogens (tertiary/aromatic N) is 1. The molecule has 0 aliphatic heterocycles. The molecule has 0 aliphatic rings. The van der Waals surface area contributed by atoms with Crippen molar-refractivity contribution in [2.75, 3.05) is 25.6 Å². The number of ether oxygens (including phenoxy) is 2. The molecule has 2 aromatic rings. The second-order valence-electron chi connectivity index (χ2n) is 9.57. The summed E-state index contributed by atoms with van der Waals surface area (Å²) >= 11 is 5.88. The fraction of sp³-hybridized carbons (Fsp3) is 0.462. The van der Waals surface area contributed by atoms with Gasteiger partial charge in [0.1, 0.15) is 11.5 Å². The summed E-state index contributed by atoms with van der Waals surface area (Å²) in [5.41, 5.74) is 0.143. The standard InChI is InChI=1S/C26H36ClN3O7S/c1-6-37-23(31)10-8-7-9-15-30(29-38(34,35)20-13-11-18(27)12-14-20)25(33)28-22-17-19(36-5)16-21(24(22)32)26(2,3)4/h11-14,16-17,29,32H,6-10,15H2,1-5H3,(H,28,33). The average molecular weight is 570 g/mol. The highest BCUT2D eigenvalue weighted by Gasteiger charge is 2.26. The molecule has 0 bridgehead atoms. The minimum absolute atomic E-state index is 0.00165. The summed E-state index contributed by atoms with van der Waals surface area (Å²) in [5, 5.41) is 14.7. The third kappa shape index (κ3) is 9.07. The van der Waals surface area contributed by atoms with Gasteiger partial charge in [0.05, 0.1) is 24.3 Å². The van der Waals surface area contributed by atoms with Crippen LogP contribution in [0, 0.1) is 0 Å². The summed E-state index contributed by atoms with van der Waals surface area (Å²) in [6, 6.07) is 7.82. The maximum atomic E-state index is 13.3. The summed E-state index contributed by atoms with van der Waals surface area (Å²) < 4.78 is 36.3. The van der Waals surface area contributed by atoms with Crippen molar-refractivity contribution >= 4 is 39.3 Å². The number of phenolic OH excluding ortho intramolecular Hbond substituents is 1. The first kappa shape index (κ1) is 31.2. The molecule has 12 heteroatoms. The molecular formula is C26H36ClN3O7S. The van der Waals surface area contributed by atoms with E-state index in [-0.39, 0.29) is 35.3 Å². The number of nitrogens with one attached hydrogen (secondary N) is 2. The zero-order valence-corrected chi connectivity index (χ0v) is 23.9. The zero-order valence-electron chi connectivity index (χ0n) is 22.3. The molecule has 0 saturated carbocycles. The van der Waals surface area contributed by atoms with Crippen LogP contribution < -0.4 is 14.9 Å². The number of hydrazine groups is 1. The van der Waals surface area contributed by atoms with Crippen LogP contribution in [0.25, 0.3) is 0 Å². The van der Waals surface area contributed by atoms with Crippen LogP contribution in [0.1, 0.15) is 58.9 Å². The molecule has 10 nitrogen and oxygen atoms in total. The molecule has 0 fully saturated rings. The lowest BCUT2D eigenvalue weighted by Gasteiger charge is -2.26. The Kier molecular flexibility index (Phi) is 11.2. The number of esters is 1. The van der Waals surface area contributed by atoms with Gasteiger partial charge >= 0.3 is 12.0 Å². The molecule has 2 aromatic carbocycles. The van der Waals surface area contributed by atoms with Crippen LogP contribution in [-0.2, 0) is 25.0 Å². The number of methoxy groups -OCH3 is 1. The third-order valence-corrected chi connectivity index (χ3v) is 7.14. The molecule has 0 aromatic heterocycles. The smallest absolute Gasteiger partial charge is 0.337 e. The number of carbonyl (C=O) groups excluding carboxylic acids is 2. The van der Waals surface area contributed by atoms with Gasteiger partial charge in [-0.2, -0.15) is 0 Å². The molecule has 210 valence electrons. The largest absolute Gasteiger partial charge is 0.505 e. The van der Waals surface area contributed by atoms with Crippen LogP contribution in [-0.4, -0.2) is 50.8 Å². The van der Waals surface area contributed by atoms with E-state index in [0.29, 0.717) is 42.2 Å². The van der Waals surface area contributed by atoms with Crippen LogP contribution in [0.4, 0.5) is 10.5 Å². The first-order valence-electron chi connectivity index (χ1n) is 12.2. The normalized spacial score (nSPS) is 11.6. The van der Waals surface area contributed by atoms with E-state index in [1.165, 1.54) is 37.4 Å². The Bertz CT molecular complexity index is 1210. The summed E-state index contributed by atoms with van der Waals surface area (Å²) in [6.07, 6.45) is 1.69. The molecule has 0 heterocycles. The Labute approximate surface area is 229 Å². The number of unbranched alkanes of at least 4 members (excludes halogenated alkanes) is 2. The molecule has 0 atom stereocenters. The summed E-state index contributed by atoms with van der Waals surface area (Å²) in [7, 11) is -2.67. The van der Waals surface area contributed by atoms with Crippen LogP contribution in [0.15, 0.2) is 41.3 Å². The molecule has 3 N–H and O–H groups in total. The summed E-state index contributed by atoms with van der Waals surface area (Å²) in [5.74, 6) is -0.0504. The van der Waals surface area contributed by atoms with E-state index in [2.05, 4.69) is 10.1 Å².